The Hall–Kier alpha value is -2.02. The normalized spacial score (nSPS) is 11.5. The van der Waals surface area contributed by atoms with Crippen LogP contribution in [0.2, 0.25) is 0 Å². The Morgan fingerprint density at radius 2 is 2.11 bits per heavy atom. The summed E-state index contributed by atoms with van der Waals surface area (Å²) in [5.41, 5.74) is 6.80. The number of aromatic nitrogens is 2. The molecule has 0 fully saturated rings. The summed E-state index contributed by atoms with van der Waals surface area (Å²) in [6, 6.07) is 6.47. The first-order valence-electron chi connectivity index (χ1n) is 5.83. The van der Waals surface area contributed by atoms with Crippen molar-refractivity contribution in [3.8, 4) is 0 Å². The summed E-state index contributed by atoms with van der Waals surface area (Å²) in [5, 5.41) is 3.99. The maximum atomic E-state index is 12.3. The van der Waals surface area contributed by atoms with E-state index in [0.29, 0.717) is 12.1 Å². The molecule has 0 saturated carbocycles. The van der Waals surface area contributed by atoms with Gasteiger partial charge >= 0.3 is 0 Å². The lowest BCUT2D eigenvalue weighted by atomic mass is 10.1. The number of nitrogens with one attached hydrogen (secondary N) is 1. The Labute approximate surface area is 112 Å². The zero-order valence-electron chi connectivity index (χ0n) is 10.8. The first-order valence-corrected chi connectivity index (χ1v) is 7.31. The second-order valence-corrected chi connectivity index (χ2v) is 5.85. The van der Waals surface area contributed by atoms with E-state index in [-0.39, 0.29) is 10.7 Å². The molecule has 0 radical (unpaired) electrons. The Kier molecular flexibility index (Phi) is 3.48. The van der Waals surface area contributed by atoms with E-state index in [1.807, 2.05) is 6.92 Å². The fourth-order valence-electron chi connectivity index (χ4n) is 1.78. The van der Waals surface area contributed by atoms with Crippen LogP contribution in [0.15, 0.2) is 35.4 Å². The molecule has 1 heterocycles. The summed E-state index contributed by atoms with van der Waals surface area (Å²) < 4.78 is 28.6. The third kappa shape index (κ3) is 2.87. The molecule has 0 unspecified atom stereocenters. The molecular formula is C12H16N4O2S. The average molecular weight is 280 g/mol. The van der Waals surface area contributed by atoms with Crippen molar-refractivity contribution in [2.45, 2.75) is 18.2 Å². The highest BCUT2D eigenvalue weighted by Gasteiger charge is 2.19. The Balaban J connectivity index is 2.41. The predicted molar refractivity (Wildman–Crippen MR) is 74.2 cm³/mol. The van der Waals surface area contributed by atoms with Crippen LogP contribution < -0.4 is 10.5 Å². The summed E-state index contributed by atoms with van der Waals surface area (Å²) >= 11 is 0. The van der Waals surface area contributed by atoms with Crippen molar-refractivity contribution in [3.63, 3.8) is 0 Å². The van der Waals surface area contributed by atoms with E-state index in [1.54, 1.807) is 31.4 Å². The highest BCUT2D eigenvalue weighted by molar-refractivity contribution is 7.92. The fourth-order valence-corrected chi connectivity index (χ4v) is 3.12. The minimum absolute atomic E-state index is 0.195. The van der Waals surface area contributed by atoms with E-state index in [9.17, 15) is 8.42 Å². The van der Waals surface area contributed by atoms with Crippen LogP contribution in [-0.2, 0) is 23.5 Å². The van der Waals surface area contributed by atoms with Crippen LogP contribution in [-0.4, -0.2) is 18.2 Å². The molecule has 0 amide bonds. The van der Waals surface area contributed by atoms with Crippen LogP contribution in [0.1, 0.15) is 12.5 Å². The first kappa shape index (κ1) is 13.4. The lowest BCUT2D eigenvalue weighted by molar-refractivity contribution is 0.600. The predicted octanol–water partition coefficient (Wildman–Crippen LogP) is 1.37. The molecule has 102 valence electrons. The van der Waals surface area contributed by atoms with Gasteiger partial charge in [0.05, 0.1) is 4.90 Å². The highest BCUT2D eigenvalue weighted by Crippen LogP contribution is 2.22. The molecule has 0 aliphatic carbocycles. The molecule has 0 aliphatic heterocycles. The van der Waals surface area contributed by atoms with Crippen molar-refractivity contribution in [2.75, 3.05) is 10.5 Å². The summed E-state index contributed by atoms with van der Waals surface area (Å²) in [6.45, 7) is 1.89. The number of aryl methyl sites for hydroxylation is 2. The van der Waals surface area contributed by atoms with Crippen LogP contribution in [0.5, 0.6) is 0 Å². The van der Waals surface area contributed by atoms with Gasteiger partial charge in [0.1, 0.15) is 0 Å². The Morgan fingerprint density at radius 1 is 1.37 bits per heavy atom. The first-order chi connectivity index (χ1) is 8.92. The number of hydrogen-bond acceptors (Lipinski definition) is 4. The molecule has 0 spiro atoms. The topological polar surface area (TPSA) is 90.0 Å². The summed E-state index contributed by atoms with van der Waals surface area (Å²) in [6.07, 6.45) is 2.27. The number of anilines is 2. The van der Waals surface area contributed by atoms with Crippen molar-refractivity contribution in [1.82, 2.24) is 9.78 Å². The summed E-state index contributed by atoms with van der Waals surface area (Å²) in [4.78, 5) is 0.195. The molecule has 0 aliphatic rings. The van der Waals surface area contributed by atoms with Crippen LogP contribution in [0, 0.1) is 0 Å². The third-order valence-electron chi connectivity index (χ3n) is 2.71. The molecule has 7 heteroatoms. The van der Waals surface area contributed by atoms with Gasteiger partial charge in [0.25, 0.3) is 10.0 Å². The molecule has 0 saturated heterocycles. The molecule has 6 nitrogen and oxygen atoms in total. The molecule has 3 N–H and O–H groups in total. The number of nitrogen functional groups attached to an aromatic ring is 1. The SMILES string of the molecule is CCc1ccc(N)cc1S(=O)(=O)Nc1ccn(C)n1. The number of sulfonamides is 1. The number of rotatable bonds is 4. The minimum atomic E-state index is -3.67. The van der Waals surface area contributed by atoms with Gasteiger partial charge in [0, 0.05) is 25.0 Å². The van der Waals surface area contributed by atoms with Gasteiger partial charge in [-0.3, -0.25) is 9.40 Å². The molecular weight excluding hydrogens is 264 g/mol. The van der Waals surface area contributed by atoms with E-state index in [0.717, 1.165) is 5.56 Å². The zero-order chi connectivity index (χ0) is 14.0. The minimum Gasteiger partial charge on any atom is -0.399 e. The van der Waals surface area contributed by atoms with Crippen molar-refractivity contribution in [1.29, 1.82) is 0 Å². The Bertz CT molecular complexity index is 692. The lowest BCUT2D eigenvalue weighted by Gasteiger charge is -2.10. The molecule has 2 rings (SSSR count). The molecule has 19 heavy (non-hydrogen) atoms. The second-order valence-electron chi connectivity index (χ2n) is 4.20. The van der Waals surface area contributed by atoms with E-state index >= 15 is 0 Å². The van der Waals surface area contributed by atoms with E-state index in [2.05, 4.69) is 9.82 Å². The van der Waals surface area contributed by atoms with Gasteiger partial charge in [-0.25, -0.2) is 8.42 Å². The third-order valence-corrected chi connectivity index (χ3v) is 4.15. The van der Waals surface area contributed by atoms with E-state index in [1.165, 1.54) is 10.7 Å². The van der Waals surface area contributed by atoms with Crippen LogP contribution >= 0.6 is 0 Å². The summed E-state index contributed by atoms with van der Waals surface area (Å²) in [7, 11) is -1.95. The quantitative estimate of drug-likeness (QED) is 0.828. The fraction of sp³-hybridized carbons (Fsp3) is 0.250. The maximum absolute atomic E-state index is 12.3. The molecule has 0 bridgehead atoms. The van der Waals surface area contributed by atoms with Gasteiger partial charge in [0.15, 0.2) is 5.82 Å². The molecule has 1 aromatic heterocycles. The van der Waals surface area contributed by atoms with Crippen LogP contribution in [0.25, 0.3) is 0 Å². The van der Waals surface area contributed by atoms with Gasteiger partial charge in [-0.1, -0.05) is 13.0 Å². The van der Waals surface area contributed by atoms with Crippen molar-refractivity contribution >= 4 is 21.5 Å². The zero-order valence-corrected chi connectivity index (χ0v) is 11.6. The highest BCUT2D eigenvalue weighted by atomic mass is 32.2. The number of nitrogens with two attached hydrogens (primary N) is 1. The second kappa shape index (κ2) is 4.93. The standard InChI is InChI=1S/C12H16N4O2S/c1-3-9-4-5-10(13)8-11(9)19(17,18)15-12-6-7-16(2)14-12/h4-8H,3,13H2,1-2H3,(H,14,15). The summed E-state index contributed by atoms with van der Waals surface area (Å²) in [5.74, 6) is 0.284. The van der Waals surface area contributed by atoms with E-state index < -0.39 is 10.0 Å². The Morgan fingerprint density at radius 3 is 2.68 bits per heavy atom. The van der Waals surface area contributed by atoms with Gasteiger partial charge in [-0.2, -0.15) is 5.10 Å². The smallest absolute Gasteiger partial charge is 0.263 e. The monoisotopic (exact) mass is 280 g/mol. The average Bonchev–Trinajstić information content (AvgIpc) is 2.74. The number of hydrogen-bond donors (Lipinski definition) is 2. The largest absolute Gasteiger partial charge is 0.399 e. The molecule has 1 aromatic carbocycles. The van der Waals surface area contributed by atoms with Crippen LogP contribution in [0.4, 0.5) is 11.5 Å². The number of nitrogens with zero attached hydrogens (tertiary/aromatic N) is 2. The van der Waals surface area contributed by atoms with Gasteiger partial charge in [0.2, 0.25) is 0 Å². The van der Waals surface area contributed by atoms with Gasteiger partial charge < -0.3 is 5.73 Å². The van der Waals surface area contributed by atoms with Gasteiger partial charge in [-0.15, -0.1) is 0 Å². The molecule has 0 atom stereocenters. The van der Waals surface area contributed by atoms with Crippen molar-refractivity contribution in [3.05, 3.63) is 36.0 Å². The van der Waals surface area contributed by atoms with E-state index in [4.69, 9.17) is 5.73 Å². The maximum Gasteiger partial charge on any atom is 0.263 e. The molecule has 2 aromatic rings. The number of benzene rings is 1. The lowest BCUT2D eigenvalue weighted by Crippen LogP contribution is -2.15. The van der Waals surface area contributed by atoms with Crippen molar-refractivity contribution < 1.29 is 8.42 Å². The van der Waals surface area contributed by atoms with Gasteiger partial charge in [-0.05, 0) is 24.1 Å². The van der Waals surface area contributed by atoms with Crippen LogP contribution in [0.3, 0.4) is 0 Å². The van der Waals surface area contributed by atoms with Crippen molar-refractivity contribution in [2.24, 2.45) is 7.05 Å².